The van der Waals surface area contributed by atoms with E-state index in [1.165, 1.54) is 24.3 Å². The summed E-state index contributed by atoms with van der Waals surface area (Å²) in [5.41, 5.74) is -3.63. The summed E-state index contributed by atoms with van der Waals surface area (Å²) in [6.07, 6.45) is 0. The molecular weight excluding hydrogens is 758 g/mol. The van der Waals surface area contributed by atoms with Gasteiger partial charge in [-0.2, -0.15) is 35.1 Å². The number of ether oxygens (including phenoxy) is 1. The molecule has 0 saturated carbocycles. The van der Waals surface area contributed by atoms with Crippen molar-refractivity contribution in [3.8, 4) is 11.5 Å². The Bertz CT molecular complexity index is 1310. The zero-order chi connectivity index (χ0) is 28.6. The first-order valence-electron chi connectivity index (χ1n) is 11.1. The Morgan fingerprint density at radius 3 is 0.795 bits per heavy atom. The third kappa shape index (κ3) is 5.74. The van der Waals surface area contributed by atoms with Gasteiger partial charge in [0.1, 0.15) is 11.5 Å². The van der Waals surface area contributed by atoms with Gasteiger partial charge in [-0.05, 0) is 118 Å². The van der Waals surface area contributed by atoms with Crippen LogP contribution in [0, 0.1) is 7.14 Å². The topological polar surface area (TPSA) is 9.23 Å². The summed E-state index contributed by atoms with van der Waals surface area (Å²) >= 11 is 3.73. The normalized spacial score (nSPS) is 12.9. The molecule has 0 heterocycles. The minimum atomic E-state index is -4.55. The van der Waals surface area contributed by atoms with Gasteiger partial charge in [0.15, 0.2) is 0 Å². The third-order valence-corrected chi connectivity index (χ3v) is 7.31. The predicted molar refractivity (Wildman–Crippen MR) is 147 cm³/mol. The molecule has 4 aromatic rings. The first-order chi connectivity index (χ1) is 18.2. The average molecular weight is 774 g/mol. The Hall–Kier alpha value is -2.42. The molecule has 1 nitrogen and oxygen atoms in total. The van der Waals surface area contributed by atoms with Gasteiger partial charge in [0, 0.05) is 29.4 Å². The van der Waals surface area contributed by atoms with Crippen molar-refractivity contribution in [3.05, 3.63) is 126 Å². The van der Waals surface area contributed by atoms with E-state index in [1.807, 2.05) is 45.2 Å². The molecule has 0 atom stereocenters. The second kappa shape index (κ2) is 10.9. The van der Waals surface area contributed by atoms with E-state index < -0.39 is 45.9 Å². The van der Waals surface area contributed by atoms with Crippen molar-refractivity contribution < 1.29 is 39.9 Å². The minimum Gasteiger partial charge on any atom is -0.457 e. The summed E-state index contributed by atoms with van der Waals surface area (Å²) in [7, 11) is 0. The van der Waals surface area contributed by atoms with E-state index in [4.69, 9.17) is 4.74 Å². The highest BCUT2D eigenvalue weighted by Crippen LogP contribution is 2.51. The van der Waals surface area contributed by atoms with Gasteiger partial charge in [0.05, 0.1) is 0 Å². The third-order valence-electron chi connectivity index (χ3n) is 5.87. The minimum absolute atomic E-state index is 0.0594. The Kier molecular flexibility index (Phi) is 8.23. The van der Waals surface area contributed by atoms with Crippen molar-refractivity contribution in [2.75, 3.05) is 0 Å². The highest BCUT2D eigenvalue weighted by Gasteiger charge is 2.59. The number of halogens is 10. The predicted octanol–water partition coefficient (Wildman–Crippen LogP) is 10.5. The van der Waals surface area contributed by atoms with Crippen molar-refractivity contribution in [1.29, 1.82) is 0 Å². The summed E-state index contributed by atoms with van der Waals surface area (Å²) in [4.78, 5) is 0. The average Bonchev–Trinajstić information content (AvgIpc) is 2.89. The summed E-state index contributed by atoms with van der Waals surface area (Å²) in [6.45, 7) is 0. The lowest BCUT2D eigenvalue weighted by atomic mass is 9.96. The molecule has 0 N–H and O–H groups in total. The SMILES string of the molecule is FC(F)(c1ccc(I)cc1)C(F)(F)c1ccc(Oc2ccc(C(F)(F)C(F)(F)c3ccc(I)cc3)cc2)cc1. The molecule has 204 valence electrons. The molecule has 11 heteroatoms. The largest absolute Gasteiger partial charge is 0.457 e. The molecule has 0 unspecified atom stereocenters. The molecule has 0 radical (unpaired) electrons. The highest BCUT2D eigenvalue weighted by molar-refractivity contribution is 14.1. The van der Waals surface area contributed by atoms with Crippen LogP contribution in [-0.2, 0) is 23.7 Å². The number of alkyl halides is 8. The summed E-state index contributed by atoms with van der Waals surface area (Å²) in [5.74, 6) is -18.2. The van der Waals surface area contributed by atoms with Crippen LogP contribution >= 0.6 is 45.2 Å². The van der Waals surface area contributed by atoms with Crippen LogP contribution in [0.2, 0.25) is 0 Å². The van der Waals surface area contributed by atoms with Crippen LogP contribution in [0.5, 0.6) is 11.5 Å². The lowest BCUT2D eigenvalue weighted by molar-refractivity contribution is -0.223. The molecule has 0 aliphatic rings. The number of hydrogen-bond acceptors (Lipinski definition) is 1. The molecule has 0 spiro atoms. The van der Waals surface area contributed by atoms with Crippen LogP contribution in [-0.4, -0.2) is 0 Å². The second-order valence-corrected chi connectivity index (χ2v) is 11.0. The maximum atomic E-state index is 14.7. The zero-order valence-corrected chi connectivity index (χ0v) is 23.7. The van der Waals surface area contributed by atoms with E-state index in [0.717, 1.165) is 72.8 Å². The fourth-order valence-electron chi connectivity index (χ4n) is 3.64. The van der Waals surface area contributed by atoms with Gasteiger partial charge in [-0.15, -0.1) is 0 Å². The van der Waals surface area contributed by atoms with Gasteiger partial charge >= 0.3 is 23.7 Å². The van der Waals surface area contributed by atoms with Gasteiger partial charge < -0.3 is 4.74 Å². The first-order valence-corrected chi connectivity index (χ1v) is 13.2. The van der Waals surface area contributed by atoms with Crippen LogP contribution < -0.4 is 4.74 Å². The van der Waals surface area contributed by atoms with Crippen molar-refractivity contribution in [1.82, 2.24) is 0 Å². The van der Waals surface area contributed by atoms with Gasteiger partial charge in [0.25, 0.3) is 0 Å². The fraction of sp³-hybridized carbons (Fsp3) is 0.143. The van der Waals surface area contributed by atoms with Crippen LogP contribution in [0.4, 0.5) is 35.1 Å². The van der Waals surface area contributed by atoms with Crippen LogP contribution in [0.3, 0.4) is 0 Å². The van der Waals surface area contributed by atoms with Crippen molar-refractivity contribution >= 4 is 45.2 Å². The summed E-state index contributed by atoms with van der Waals surface area (Å²) in [6, 6.07) is 16.0. The summed E-state index contributed by atoms with van der Waals surface area (Å²) < 4.78 is 124. The van der Waals surface area contributed by atoms with Gasteiger partial charge in [-0.25, -0.2) is 0 Å². The Balaban J connectivity index is 1.50. The monoisotopic (exact) mass is 774 g/mol. The van der Waals surface area contributed by atoms with Crippen LogP contribution in [0.15, 0.2) is 97.1 Å². The highest BCUT2D eigenvalue weighted by atomic mass is 127. The van der Waals surface area contributed by atoms with Crippen LogP contribution in [0.1, 0.15) is 22.3 Å². The molecule has 0 aromatic heterocycles. The Morgan fingerprint density at radius 1 is 0.359 bits per heavy atom. The quantitative estimate of drug-likeness (QED) is 0.128. The molecule has 0 aliphatic heterocycles. The Labute approximate surface area is 245 Å². The van der Waals surface area contributed by atoms with Gasteiger partial charge in [-0.3, -0.25) is 0 Å². The lowest BCUT2D eigenvalue weighted by Crippen LogP contribution is -2.35. The smallest absolute Gasteiger partial charge is 0.339 e. The van der Waals surface area contributed by atoms with E-state index in [1.54, 1.807) is 0 Å². The van der Waals surface area contributed by atoms with Gasteiger partial charge in [0.2, 0.25) is 0 Å². The van der Waals surface area contributed by atoms with E-state index in [9.17, 15) is 35.1 Å². The number of rotatable bonds is 8. The van der Waals surface area contributed by atoms with Crippen molar-refractivity contribution in [2.24, 2.45) is 0 Å². The fourth-order valence-corrected chi connectivity index (χ4v) is 4.36. The molecule has 0 fully saturated rings. The van der Waals surface area contributed by atoms with E-state index in [0.29, 0.717) is 7.14 Å². The number of benzene rings is 4. The molecular formula is C28H16F8I2O. The van der Waals surface area contributed by atoms with E-state index in [2.05, 4.69) is 0 Å². The van der Waals surface area contributed by atoms with E-state index in [-0.39, 0.29) is 11.5 Å². The molecule has 0 aliphatic carbocycles. The molecule has 4 aromatic carbocycles. The zero-order valence-electron chi connectivity index (χ0n) is 19.4. The molecule has 4 rings (SSSR count). The maximum absolute atomic E-state index is 14.7. The standard InChI is InChI=1S/C28H16F8I2O/c29-25(30,17-1-9-21(37)10-2-17)27(33,34)19-5-13-23(14-6-19)39-24-15-7-20(8-16-24)28(35,36)26(31,32)18-3-11-22(38)12-4-18/h1-16H. The second-order valence-electron chi connectivity index (χ2n) is 8.46. The Morgan fingerprint density at radius 2 is 0.564 bits per heavy atom. The van der Waals surface area contributed by atoms with E-state index >= 15 is 0 Å². The van der Waals surface area contributed by atoms with Crippen LogP contribution in [0.25, 0.3) is 0 Å². The summed E-state index contributed by atoms with van der Waals surface area (Å²) in [5, 5.41) is 0. The van der Waals surface area contributed by atoms with Crippen molar-refractivity contribution in [2.45, 2.75) is 23.7 Å². The van der Waals surface area contributed by atoms with Crippen molar-refractivity contribution in [3.63, 3.8) is 0 Å². The molecule has 0 amide bonds. The lowest BCUT2D eigenvalue weighted by Gasteiger charge is -2.27. The molecule has 0 saturated heterocycles. The maximum Gasteiger partial charge on any atom is 0.339 e. The van der Waals surface area contributed by atoms with Gasteiger partial charge in [-0.1, -0.05) is 24.3 Å². The molecule has 0 bridgehead atoms. The first kappa shape index (κ1) is 29.6. The number of hydrogen-bond donors (Lipinski definition) is 0. The molecule has 39 heavy (non-hydrogen) atoms.